The van der Waals surface area contributed by atoms with E-state index in [0.717, 1.165) is 0 Å². The van der Waals surface area contributed by atoms with Gasteiger partial charge in [0.15, 0.2) is 5.89 Å². The molecule has 0 bridgehead atoms. The van der Waals surface area contributed by atoms with Crippen LogP contribution in [0, 0.1) is 12.7 Å². The monoisotopic (exact) mass is 221 g/mol. The van der Waals surface area contributed by atoms with Crippen LogP contribution in [0.25, 0.3) is 11.3 Å². The zero-order valence-corrected chi connectivity index (χ0v) is 8.40. The van der Waals surface area contributed by atoms with Gasteiger partial charge >= 0.3 is 5.97 Å². The summed E-state index contributed by atoms with van der Waals surface area (Å²) in [6, 6.07) is 5.40. The molecule has 0 aliphatic heterocycles. The van der Waals surface area contributed by atoms with Crippen molar-refractivity contribution in [3.8, 4) is 11.3 Å². The molecule has 2 aromatic rings. The summed E-state index contributed by atoms with van der Waals surface area (Å²) in [4.78, 5) is 14.8. The van der Waals surface area contributed by atoms with Gasteiger partial charge in [0.2, 0.25) is 5.76 Å². The standard InChI is InChI=1S/C11H8FNO3/c1-6-13-9(10(16-6)11(14)15)7-2-4-8(12)5-3-7/h2-5H,1H3,(H,14,15). The molecule has 0 radical (unpaired) electrons. The number of carboxylic acids is 1. The first-order chi connectivity index (χ1) is 7.58. The molecule has 0 atom stereocenters. The Labute approximate surface area is 90.4 Å². The largest absolute Gasteiger partial charge is 0.475 e. The number of rotatable bonds is 2. The van der Waals surface area contributed by atoms with Crippen molar-refractivity contribution in [2.24, 2.45) is 0 Å². The minimum absolute atomic E-state index is 0.213. The topological polar surface area (TPSA) is 63.3 Å². The minimum Gasteiger partial charge on any atom is -0.475 e. The van der Waals surface area contributed by atoms with Gasteiger partial charge in [0, 0.05) is 12.5 Å². The van der Waals surface area contributed by atoms with Crippen LogP contribution < -0.4 is 0 Å². The van der Waals surface area contributed by atoms with Crippen molar-refractivity contribution in [2.75, 3.05) is 0 Å². The van der Waals surface area contributed by atoms with Crippen molar-refractivity contribution in [3.63, 3.8) is 0 Å². The second kappa shape index (κ2) is 3.77. The van der Waals surface area contributed by atoms with Gasteiger partial charge in [-0.15, -0.1) is 0 Å². The predicted molar refractivity (Wildman–Crippen MR) is 53.6 cm³/mol. The predicted octanol–water partition coefficient (Wildman–Crippen LogP) is 2.49. The molecular formula is C11H8FNO3. The van der Waals surface area contributed by atoms with Gasteiger partial charge in [0.1, 0.15) is 11.5 Å². The van der Waals surface area contributed by atoms with Crippen LogP contribution >= 0.6 is 0 Å². The van der Waals surface area contributed by atoms with Crippen molar-refractivity contribution in [1.82, 2.24) is 4.98 Å². The van der Waals surface area contributed by atoms with Gasteiger partial charge in [-0.25, -0.2) is 14.2 Å². The molecule has 1 N–H and O–H groups in total. The summed E-state index contributed by atoms with van der Waals surface area (Å²) in [6.07, 6.45) is 0. The van der Waals surface area contributed by atoms with Crippen molar-refractivity contribution in [1.29, 1.82) is 0 Å². The third-order valence-electron chi connectivity index (χ3n) is 2.05. The van der Waals surface area contributed by atoms with Crippen LogP contribution in [0.1, 0.15) is 16.4 Å². The lowest BCUT2D eigenvalue weighted by Gasteiger charge is -1.96. The van der Waals surface area contributed by atoms with E-state index >= 15 is 0 Å². The lowest BCUT2D eigenvalue weighted by molar-refractivity contribution is 0.0662. The smallest absolute Gasteiger partial charge is 0.374 e. The van der Waals surface area contributed by atoms with Crippen LogP contribution in [0.4, 0.5) is 4.39 Å². The number of nitrogens with zero attached hydrogens (tertiary/aromatic N) is 1. The fraction of sp³-hybridized carbons (Fsp3) is 0.0909. The zero-order chi connectivity index (χ0) is 11.7. The van der Waals surface area contributed by atoms with Crippen LogP contribution in [0.3, 0.4) is 0 Å². The number of oxazole rings is 1. The molecular weight excluding hydrogens is 213 g/mol. The highest BCUT2D eigenvalue weighted by molar-refractivity contribution is 5.91. The molecule has 0 saturated carbocycles. The van der Waals surface area contributed by atoms with Gasteiger partial charge in [-0.3, -0.25) is 0 Å². The van der Waals surface area contributed by atoms with E-state index in [-0.39, 0.29) is 23.2 Å². The second-order valence-electron chi connectivity index (χ2n) is 3.22. The van der Waals surface area contributed by atoms with Crippen molar-refractivity contribution >= 4 is 5.97 Å². The quantitative estimate of drug-likeness (QED) is 0.846. The zero-order valence-electron chi connectivity index (χ0n) is 8.40. The van der Waals surface area contributed by atoms with E-state index in [9.17, 15) is 9.18 Å². The van der Waals surface area contributed by atoms with Gasteiger partial charge in [0.05, 0.1) is 0 Å². The molecule has 1 aromatic heterocycles. The Kier molecular flexibility index (Phi) is 2.44. The summed E-state index contributed by atoms with van der Waals surface area (Å²) in [5.74, 6) is -1.55. The molecule has 0 amide bonds. The van der Waals surface area contributed by atoms with Crippen LogP contribution in [-0.2, 0) is 0 Å². The Bertz CT molecular complexity index is 531. The maximum Gasteiger partial charge on any atom is 0.374 e. The Morgan fingerprint density at radius 2 is 2.00 bits per heavy atom. The summed E-state index contributed by atoms with van der Waals surface area (Å²) < 4.78 is 17.7. The van der Waals surface area contributed by atoms with Crippen LogP contribution in [0.2, 0.25) is 0 Å². The van der Waals surface area contributed by atoms with Gasteiger partial charge in [-0.2, -0.15) is 0 Å². The van der Waals surface area contributed by atoms with Crippen molar-refractivity contribution < 1.29 is 18.7 Å². The number of hydrogen-bond donors (Lipinski definition) is 1. The first-order valence-electron chi connectivity index (χ1n) is 4.54. The molecule has 1 heterocycles. The number of benzene rings is 1. The fourth-order valence-corrected chi connectivity index (χ4v) is 1.38. The molecule has 0 saturated heterocycles. The minimum atomic E-state index is -1.19. The van der Waals surface area contributed by atoms with Gasteiger partial charge in [0.25, 0.3) is 0 Å². The highest BCUT2D eigenvalue weighted by Crippen LogP contribution is 2.23. The summed E-state index contributed by atoms with van der Waals surface area (Å²) >= 11 is 0. The first kappa shape index (κ1) is 10.4. The Balaban J connectivity index is 2.55. The number of aromatic carboxylic acids is 1. The molecule has 5 heteroatoms. The molecule has 0 aliphatic rings. The Hall–Kier alpha value is -2.17. The Morgan fingerprint density at radius 3 is 2.56 bits per heavy atom. The van der Waals surface area contributed by atoms with E-state index in [0.29, 0.717) is 5.56 Å². The number of aromatic nitrogens is 1. The molecule has 2 rings (SSSR count). The van der Waals surface area contributed by atoms with Crippen molar-refractivity contribution in [3.05, 3.63) is 41.7 Å². The van der Waals surface area contributed by atoms with E-state index in [1.807, 2.05) is 0 Å². The van der Waals surface area contributed by atoms with E-state index < -0.39 is 5.97 Å². The maximum atomic E-state index is 12.7. The first-order valence-corrected chi connectivity index (χ1v) is 4.54. The average Bonchev–Trinajstić information content (AvgIpc) is 2.61. The van der Waals surface area contributed by atoms with E-state index in [1.165, 1.54) is 24.3 Å². The van der Waals surface area contributed by atoms with E-state index in [4.69, 9.17) is 9.52 Å². The third kappa shape index (κ3) is 1.79. The number of halogens is 1. The summed E-state index contributed by atoms with van der Waals surface area (Å²) in [5.41, 5.74) is 0.723. The number of hydrogen-bond acceptors (Lipinski definition) is 3. The summed E-state index contributed by atoms with van der Waals surface area (Å²) in [5, 5.41) is 8.89. The average molecular weight is 221 g/mol. The Morgan fingerprint density at radius 1 is 1.38 bits per heavy atom. The highest BCUT2D eigenvalue weighted by Gasteiger charge is 2.19. The van der Waals surface area contributed by atoms with E-state index in [1.54, 1.807) is 6.92 Å². The molecule has 0 fully saturated rings. The lowest BCUT2D eigenvalue weighted by Crippen LogP contribution is -1.96. The summed E-state index contributed by atoms with van der Waals surface area (Å²) in [6.45, 7) is 1.56. The second-order valence-corrected chi connectivity index (χ2v) is 3.22. The molecule has 0 aliphatic carbocycles. The van der Waals surface area contributed by atoms with Gasteiger partial charge in [-0.05, 0) is 24.3 Å². The lowest BCUT2D eigenvalue weighted by atomic mass is 10.1. The molecule has 4 nitrogen and oxygen atoms in total. The molecule has 0 spiro atoms. The maximum absolute atomic E-state index is 12.7. The number of aryl methyl sites for hydroxylation is 1. The molecule has 0 unspecified atom stereocenters. The number of carbonyl (C=O) groups is 1. The SMILES string of the molecule is Cc1nc(-c2ccc(F)cc2)c(C(=O)O)o1. The molecule has 16 heavy (non-hydrogen) atoms. The van der Waals surface area contributed by atoms with Crippen LogP contribution in [0.5, 0.6) is 0 Å². The van der Waals surface area contributed by atoms with Gasteiger partial charge in [-0.1, -0.05) is 0 Å². The molecule has 82 valence electrons. The molecule has 1 aromatic carbocycles. The van der Waals surface area contributed by atoms with Crippen LogP contribution in [0.15, 0.2) is 28.7 Å². The van der Waals surface area contributed by atoms with Crippen LogP contribution in [-0.4, -0.2) is 16.1 Å². The van der Waals surface area contributed by atoms with Gasteiger partial charge < -0.3 is 9.52 Å². The number of carboxylic acid groups (broad SMARTS) is 1. The third-order valence-corrected chi connectivity index (χ3v) is 2.05. The summed E-state index contributed by atoms with van der Waals surface area (Å²) in [7, 11) is 0. The van der Waals surface area contributed by atoms with Crippen molar-refractivity contribution in [2.45, 2.75) is 6.92 Å². The van der Waals surface area contributed by atoms with E-state index in [2.05, 4.69) is 4.98 Å². The fourth-order valence-electron chi connectivity index (χ4n) is 1.38. The highest BCUT2D eigenvalue weighted by atomic mass is 19.1. The normalized spacial score (nSPS) is 10.4.